The van der Waals surface area contributed by atoms with E-state index in [0.29, 0.717) is 0 Å². The summed E-state index contributed by atoms with van der Waals surface area (Å²) >= 11 is 0. The molecule has 0 amide bonds. The summed E-state index contributed by atoms with van der Waals surface area (Å²) < 4.78 is 12.7. The van der Waals surface area contributed by atoms with E-state index in [1.165, 1.54) is 12.3 Å². The van der Waals surface area contributed by atoms with E-state index >= 15 is 0 Å². The zero-order valence-corrected chi connectivity index (χ0v) is 7.81. The molecule has 1 heterocycles. The lowest BCUT2D eigenvalue weighted by molar-refractivity contribution is 0.0175. The van der Waals surface area contributed by atoms with Gasteiger partial charge in [-0.2, -0.15) is 0 Å². The van der Waals surface area contributed by atoms with Crippen LogP contribution >= 0.6 is 0 Å². The van der Waals surface area contributed by atoms with Crippen LogP contribution in [0.25, 0.3) is 0 Å². The fourth-order valence-corrected chi connectivity index (χ4v) is 1.10. The van der Waals surface area contributed by atoms with Crippen LogP contribution < -0.4 is 5.32 Å². The maximum Gasteiger partial charge on any atom is 0.126 e. The van der Waals surface area contributed by atoms with Gasteiger partial charge in [-0.3, -0.25) is 4.98 Å². The maximum atomic E-state index is 12.7. The van der Waals surface area contributed by atoms with E-state index in [2.05, 4.69) is 10.3 Å². The molecule has 0 aromatic carbocycles. The third kappa shape index (κ3) is 2.73. The van der Waals surface area contributed by atoms with E-state index < -0.39 is 18.0 Å². The Bertz CT molecular complexity index is 296. The molecule has 2 atom stereocenters. The Balaban J connectivity index is 2.73. The number of aliphatic hydroxyl groups excluding tert-OH is 2. The standard InChI is InChI=1S/C9H13FN2O2/c1-11-5-8(13)9(14)7-4-6(10)2-3-12-7/h2-4,8-9,11,13-14H,5H2,1H3. The van der Waals surface area contributed by atoms with E-state index in [9.17, 15) is 14.6 Å². The highest BCUT2D eigenvalue weighted by atomic mass is 19.1. The molecule has 0 bridgehead atoms. The number of halogens is 1. The summed E-state index contributed by atoms with van der Waals surface area (Å²) in [5.41, 5.74) is 0.132. The predicted octanol–water partition coefficient (Wildman–Crippen LogP) is -0.166. The van der Waals surface area contributed by atoms with Crippen molar-refractivity contribution in [1.29, 1.82) is 0 Å². The topological polar surface area (TPSA) is 65.4 Å². The van der Waals surface area contributed by atoms with Crippen molar-refractivity contribution in [3.8, 4) is 0 Å². The highest BCUT2D eigenvalue weighted by Gasteiger charge is 2.18. The first-order chi connectivity index (χ1) is 6.65. The average molecular weight is 200 g/mol. The average Bonchev–Trinajstić information content (AvgIpc) is 2.17. The van der Waals surface area contributed by atoms with Gasteiger partial charge >= 0.3 is 0 Å². The summed E-state index contributed by atoms with van der Waals surface area (Å²) in [5, 5.41) is 21.6. The summed E-state index contributed by atoms with van der Waals surface area (Å²) in [6, 6.07) is 2.28. The van der Waals surface area contributed by atoms with Crippen molar-refractivity contribution < 1.29 is 14.6 Å². The van der Waals surface area contributed by atoms with E-state index in [4.69, 9.17) is 0 Å². The van der Waals surface area contributed by atoms with Gasteiger partial charge in [-0.1, -0.05) is 0 Å². The first-order valence-electron chi connectivity index (χ1n) is 4.27. The van der Waals surface area contributed by atoms with Crippen molar-refractivity contribution in [3.05, 3.63) is 29.8 Å². The molecule has 2 unspecified atom stereocenters. The van der Waals surface area contributed by atoms with E-state index in [1.54, 1.807) is 7.05 Å². The normalized spacial score (nSPS) is 15.1. The van der Waals surface area contributed by atoms with Crippen molar-refractivity contribution in [2.45, 2.75) is 12.2 Å². The number of aliphatic hydroxyl groups is 2. The van der Waals surface area contributed by atoms with Crippen LogP contribution in [0.5, 0.6) is 0 Å². The number of hydrogen-bond acceptors (Lipinski definition) is 4. The summed E-state index contributed by atoms with van der Waals surface area (Å²) in [6.07, 6.45) is -0.910. The lowest BCUT2D eigenvalue weighted by Crippen LogP contribution is -2.30. The van der Waals surface area contributed by atoms with Crippen molar-refractivity contribution in [3.63, 3.8) is 0 Å². The lowest BCUT2D eigenvalue weighted by Gasteiger charge is -2.16. The van der Waals surface area contributed by atoms with E-state index in [0.717, 1.165) is 6.07 Å². The van der Waals surface area contributed by atoms with Crippen LogP contribution in [0.4, 0.5) is 4.39 Å². The van der Waals surface area contributed by atoms with Crippen LogP contribution in [0.1, 0.15) is 11.8 Å². The second-order valence-corrected chi connectivity index (χ2v) is 2.97. The zero-order chi connectivity index (χ0) is 10.6. The van der Waals surface area contributed by atoms with Crippen molar-refractivity contribution >= 4 is 0 Å². The number of likely N-dealkylation sites (N-methyl/N-ethyl adjacent to an activating group) is 1. The van der Waals surface area contributed by atoms with Crippen molar-refractivity contribution in [2.24, 2.45) is 0 Å². The SMILES string of the molecule is CNCC(O)C(O)c1cc(F)ccn1. The van der Waals surface area contributed by atoms with Gasteiger partial charge in [0.25, 0.3) is 0 Å². The molecule has 0 saturated heterocycles. The molecular weight excluding hydrogens is 187 g/mol. The summed E-state index contributed by atoms with van der Waals surface area (Å²) in [6.45, 7) is 0.222. The molecule has 1 rings (SSSR count). The van der Waals surface area contributed by atoms with Gasteiger partial charge in [0.15, 0.2) is 0 Å². The molecule has 1 aromatic heterocycles. The van der Waals surface area contributed by atoms with Gasteiger partial charge in [-0.25, -0.2) is 4.39 Å². The molecule has 0 spiro atoms. The Kier molecular flexibility index (Phi) is 3.94. The molecule has 1 aromatic rings. The molecule has 14 heavy (non-hydrogen) atoms. The molecule has 78 valence electrons. The van der Waals surface area contributed by atoms with Crippen LogP contribution in [-0.4, -0.2) is 34.9 Å². The highest BCUT2D eigenvalue weighted by molar-refractivity contribution is 5.10. The summed E-state index contributed by atoms with van der Waals surface area (Å²) in [7, 11) is 1.65. The number of aromatic nitrogens is 1. The lowest BCUT2D eigenvalue weighted by atomic mass is 10.1. The monoisotopic (exact) mass is 200 g/mol. The number of hydrogen-bond donors (Lipinski definition) is 3. The first kappa shape index (κ1) is 11.0. The number of pyridine rings is 1. The Labute approximate surface area is 81.4 Å². The smallest absolute Gasteiger partial charge is 0.126 e. The summed E-state index contributed by atoms with van der Waals surface area (Å²) in [5.74, 6) is -0.481. The van der Waals surface area contributed by atoms with Gasteiger partial charge < -0.3 is 15.5 Å². The van der Waals surface area contributed by atoms with Crippen LogP contribution in [0.3, 0.4) is 0 Å². The summed E-state index contributed by atoms with van der Waals surface area (Å²) in [4.78, 5) is 3.77. The molecule has 5 heteroatoms. The quantitative estimate of drug-likeness (QED) is 0.631. The molecule has 3 N–H and O–H groups in total. The van der Waals surface area contributed by atoms with E-state index in [1.807, 2.05) is 0 Å². The van der Waals surface area contributed by atoms with E-state index in [-0.39, 0.29) is 12.2 Å². The molecule has 0 radical (unpaired) electrons. The van der Waals surface area contributed by atoms with Gasteiger partial charge in [0.05, 0.1) is 11.8 Å². The fourth-order valence-electron chi connectivity index (χ4n) is 1.10. The van der Waals surface area contributed by atoms with Gasteiger partial charge in [0, 0.05) is 12.7 Å². The Morgan fingerprint density at radius 2 is 2.29 bits per heavy atom. The van der Waals surface area contributed by atoms with Crippen molar-refractivity contribution in [1.82, 2.24) is 10.3 Å². The molecule has 0 saturated carbocycles. The number of nitrogens with one attached hydrogen (secondary N) is 1. The number of rotatable bonds is 4. The second kappa shape index (κ2) is 4.99. The Hall–Kier alpha value is -1.04. The van der Waals surface area contributed by atoms with Gasteiger partial charge in [0.2, 0.25) is 0 Å². The molecule has 0 aliphatic rings. The Morgan fingerprint density at radius 1 is 1.57 bits per heavy atom. The largest absolute Gasteiger partial charge is 0.389 e. The molecule has 0 aliphatic heterocycles. The van der Waals surface area contributed by atoms with Gasteiger partial charge in [-0.05, 0) is 19.2 Å². The van der Waals surface area contributed by atoms with Crippen LogP contribution in [0, 0.1) is 5.82 Å². The zero-order valence-electron chi connectivity index (χ0n) is 7.81. The third-order valence-electron chi connectivity index (χ3n) is 1.82. The maximum absolute atomic E-state index is 12.7. The molecule has 0 fully saturated rings. The van der Waals surface area contributed by atoms with Crippen molar-refractivity contribution in [2.75, 3.05) is 13.6 Å². The molecule has 0 aliphatic carbocycles. The second-order valence-electron chi connectivity index (χ2n) is 2.97. The fraction of sp³-hybridized carbons (Fsp3) is 0.444. The van der Waals surface area contributed by atoms with Crippen LogP contribution in [0.15, 0.2) is 18.3 Å². The van der Waals surface area contributed by atoms with Gasteiger partial charge in [-0.15, -0.1) is 0 Å². The Morgan fingerprint density at radius 3 is 2.86 bits per heavy atom. The van der Waals surface area contributed by atoms with Crippen LogP contribution in [-0.2, 0) is 0 Å². The minimum absolute atomic E-state index is 0.132. The number of nitrogens with zero attached hydrogens (tertiary/aromatic N) is 1. The minimum Gasteiger partial charge on any atom is -0.389 e. The predicted molar refractivity (Wildman–Crippen MR) is 49.1 cm³/mol. The third-order valence-corrected chi connectivity index (χ3v) is 1.82. The molecule has 4 nitrogen and oxygen atoms in total. The molecular formula is C9H13FN2O2. The van der Waals surface area contributed by atoms with Gasteiger partial charge in [0.1, 0.15) is 11.9 Å². The van der Waals surface area contributed by atoms with Crippen LogP contribution in [0.2, 0.25) is 0 Å². The minimum atomic E-state index is -1.17. The first-order valence-corrected chi connectivity index (χ1v) is 4.27. The highest BCUT2D eigenvalue weighted by Crippen LogP contribution is 2.14.